The van der Waals surface area contributed by atoms with E-state index in [1.807, 2.05) is 31.2 Å². The highest BCUT2D eigenvalue weighted by molar-refractivity contribution is 6.00. The lowest BCUT2D eigenvalue weighted by Crippen LogP contribution is -2.51. The molecule has 0 saturated carbocycles. The van der Waals surface area contributed by atoms with E-state index in [9.17, 15) is 14.4 Å². The number of likely N-dealkylation sites (N-methyl/N-ethyl adjacent to an activating group) is 1. The van der Waals surface area contributed by atoms with Gasteiger partial charge in [-0.05, 0) is 48.7 Å². The zero-order valence-electron chi connectivity index (χ0n) is 19.0. The van der Waals surface area contributed by atoms with E-state index in [0.717, 1.165) is 17.7 Å². The molecule has 0 bridgehead atoms. The van der Waals surface area contributed by atoms with Gasteiger partial charge >= 0.3 is 12.0 Å². The van der Waals surface area contributed by atoms with Crippen LogP contribution in [-0.4, -0.2) is 49.6 Å². The highest BCUT2D eigenvalue weighted by atomic mass is 16.5. The Morgan fingerprint density at radius 2 is 1.82 bits per heavy atom. The Balaban J connectivity index is 1.60. The number of anilines is 1. The lowest BCUT2D eigenvalue weighted by molar-refractivity contribution is -0.136. The number of hydrogen-bond acceptors (Lipinski definition) is 5. The molecule has 0 unspecified atom stereocenters. The summed E-state index contributed by atoms with van der Waals surface area (Å²) in [5.41, 5.74) is 3.45. The van der Waals surface area contributed by atoms with Gasteiger partial charge in [-0.2, -0.15) is 0 Å². The number of cyclic esters (lactones) is 1. The number of carbonyl (C=O) groups excluding carboxylic acids is 3. The summed E-state index contributed by atoms with van der Waals surface area (Å²) in [7, 11) is 1.57. The third-order valence-electron chi connectivity index (χ3n) is 6.01. The van der Waals surface area contributed by atoms with Crippen LogP contribution in [-0.2, 0) is 20.7 Å². The molecule has 3 amide bonds. The molecular weight excluding hydrogens is 422 g/mol. The fourth-order valence-corrected chi connectivity index (χ4v) is 4.16. The van der Waals surface area contributed by atoms with Crippen molar-refractivity contribution >= 4 is 23.6 Å². The summed E-state index contributed by atoms with van der Waals surface area (Å²) < 4.78 is 10.4. The number of hydrogen-bond donors (Lipinski definition) is 1. The molecule has 8 heteroatoms. The smallest absolute Gasteiger partial charge is 0.338 e. The summed E-state index contributed by atoms with van der Waals surface area (Å²) >= 11 is 0. The normalized spacial score (nSPS) is 17.4. The van der Waals surface area contributed by atoms with Crippen LogP contribution in [0.5, 0.6) is 5.75 Å². The van der Waals surface area contributed by atoms with Crippen molar-refractivity contribution < 1.29 is 23.9 Å². The Labute approximate surface area is 192 Å². The number of ether oxygens (including phenoxy) is 2. The van der Waals surface area contributed by atoms with E-state index >= 15 is 0 Å². The summed E-state index contributed by atoms with van der Waals surface area (Å²) in [6.45, 7) is 4.17. The van der Waals surface area contributed by atoms with E-state index in [-0.39, 0.29) is 19.1 Å². The van der Waals surface area contributed by atoms with Gasteiger partial charge in [0.25, 0.3) is 0 Å². The third-order valence-corrected chi connectivity index (χ3v) is 6.01. The molecular formula is C25H27N3O5. The van der Waals surface area contributed by atoms with Gasteiger partial charge in [0.1, 0.15) is 18.9 Å². The van der Waals surface area contributed by atoms with E-state index < -0.39 is 18.0 Å². The van der Waals surface area contributed by atoms with Crippen LogP contribution in [0.1, 0.15) is 31.0 Å². The Morgan fingerprint density at radius 3 is 2.42 bits per heavy atom. The third kappa shape index (κ3) is 4.28. The standard InChI is InChI=1S/C25H27N3O5/c1-4-16-6-10-18(11-7-16)27(5-2)21(29)14-28-20-15-33-24(30)22(20)23(26-25(28)31)17-8-12-19(32-3)13-9-17/h6-13,23H,4-5,14-15H2,1-3H3,(H,26,31)/t23-/m1/s1. The first-order chi connectivity index (χ1) is 16.0. The first-order valence-corrected chi connectivity index (χ1v) is 11.0. The highest BCUT2D eigenvalue weighted by Gasteiger charge is 2.43. The molecule has 0 spiro atoms. The minimum atomic E-state index is -0.649. The number of aryl methyl sites for hydroxylation is 1. The van der Waals surface area contributed by atoms with Crippen LogP contribution >= 0.6 is 0 Å². The van der Waals surface area contributed by atoms with Crippen molar-refractivity contribution in [1.82, 2.24) is 10.2 Å². The number of carbonyl (C=O) groups is 3. The lowest BCUT2D eigenvalue weighted by Gasteiger charge is -2.33. The van der Waals surface area contributed by atoms with Gasteiger partial charge in [0.2, 0.25) is 5.91 Å². The summed E-state index contributed by atoms with van der Waals surface area (Å²) in [5, 5.41) is 2.86. The Morgan fingerprint density at radius 1 is 1.12 bits per heavy atom. The van der Waals surface area contributed by atoms with E-state index in [1.54, 1.807) is 36.3 Å². The Kier molecular flexibility index (Phi) is 6.35. The number of benzene rings is 2. The van der Waals surface area contributed by atoms with Crippen molar-refractivity contribution in [2.24, 2.45) is 0 Å². The van der Waals surface area contributed by atoms with Crippen LogP contribution < -0.4 is 15.0 Å². The largest absolute Gasteiger partial charge is 0.497 e. The topological polar surface area (TPSA) is 88.2 Å². The molecule has 1 N–H and O–H groups in total. The molecule has 2 aliphatic rings. The quantitative estimate of drug-likeness (QED) is 0.656. The van der Waals surface area contributed by atoms with Crippen LogP contribution in [0.2, 0.25) is 0 Å². The molecule has 0 saturated heterocycles. The monoisotopic (exact) mass is 449 g/mol. The molecule has 2 aromatic carbocycles. The molecule has 1 atom stereocenters. The lowest BCUT2D eigenvalue weighted by atomic mass is 9.95. The minimum Gasteiger partial charge on any atom is -0.497 e. The van der Waals surface area contributed by atoms with Crippen molar-refractivity contribution in [2.45, 2.75) is 26.3 Å². The summed E-state index contributed by atoms with van der Waals surface area (Å²) in [5.74, 6) is -0.0697. The second-order valence-electron chi connectivity index (χ2n) is 7.84. The number of nitrogens with zero attached hydrogens (tertiary/aromatic N) is 2. The molecule has 0 aromatic heterocycles. The average Bonchev–Trinajstić information content (AvgIpc) is 3.23. The van der Waals surface area contributed by atoms with Gasteiger partial charge in [0.05, 0.1) is 24.4 Å². The van der Waals surface area contributed by atoms with Crippen LogP contribution in [0.15, 0.2) is 59.8 Å². The van der Waals surface area contributed by atoms with E-state index in [0.29, 0.717) is 23.6 Å². The van der Waals surface area contributed by atoms with Gasteiger partial charge < -0.3 is 19.7 Å². The van der Waals surface area contributed by atoms with Crippen LogP contribution in [0.25, 0.3) is 0 Å². The van der Waals surface area contributed by atoms with Gasteiger partial charge in [0.15, 0.2) is 0 Å². The number of methoxy groups -OCH3 is 1. The molecule has 4 rings (SSSR count). The maximum Gasteiger partial charge on any atom is 0.338 e. The molecule has 0 radical (unpaired) electrons. The van der Waals surface area contributed by atoms with Gasteiger partial charge in [-0.25, -0.2) is 9.59 Å². The predicted molar refractivity (Wildman–Crippen MR) is 123 cm³/mol. The van der Waals surface area contributed by atoms with Gasteiger partial charge in [-0.15, -0.1) is 0 Å². The van der Waals surface area contributed by atoms with Gasteiger partial charge in [0, 0.05) is 12.2 Å². The maximum atomic E-state index is 13.2. The average molecular weight is 450 g/mol. The zero-order valence-corrected chi connectivity index (χ0v) is 19.0. The Bertz CT molecular complexity index is 1090. The first kappa shape index (κ1) is 22.4. The molecule has 2 heterocycles. The molecule has 33 heavy (non-hydrogen) atoms. The number of amides is 3. The van der Waals surface area contributed by atoms with E-state index in [2.05, 4.69) is 12.2 Å². The van der Waals surface area contributed by atoms with Crippen molar-refractivity contribution in [1.29, 1.82) is 0 Å². The molecule has 0 fully saturated rings. The van der Waals surface area contributed by atoms with Gasteiger partial charge in [-0.1, -0.05) is 31.2 Å². The predicted octanol–water partition coefficient (Wildman–Crippen LogP) is 3.19. The second kappa shape index (κ2) is 9.36. The maximum absolute atomic E-state index is 13.2. The molecule has 8 nitrogen and oxygen atoms in total. The van der Waals surface area contributed by atoms with Crippen LogP contribution in [0.4, 0.5) is 10.5 Å². The van der Waals surface area contributed by atoms with E-state index in [1.165, 1.54) is 10.5 Å². The second-order valence-corrected chi connectivity index (χ2v) is 7.84. The molecule has 172 valence electrons. The van der Waals surface area contributed by atoms with Crippen LogP contribution in [0.3, 0.4) is 0 Å². The van der Waals surface area contributed by atoms with Crippen molar-refractivity contribution in [3.05, 3.63) is 70.9 Å². The summed E-state index contributed by atoms with van der Waals surface area (Å²) in [6.07, 6.45) is 0.911. The van der Waals surface area contributed by atoms with Crippen molar-refractivity contribution in [3.8, 4) is 5.75 Å². The minimum absolute atomic E-state index is 0.0428. The number of urea groups is 1. The summed E-state index contributed by atoms with van der Waals surface area (Å²) in [6, 6.07) is 13.8. The van der Waals surface area contributed by atoms with Crippen molar-refractivity contribution in [2.75, 3.05) is 31.7 Å². The molecule has 0 aliphatic carbocycles. The van der Waals surface area contributed by atoms with Crippen molar-refractivity contribution in [3.63, 3.8) is 0 Å². The number of rotatable bonds is 7. The fourth-order valence-electron chi connectivity index (χ4n) is 4.16. The Hall–Kier alpha value is -3.81. The van der Waals surface area contributed by atoms with Crippen LogP contribution in [0, 0.1) is 0 Å². The SMILES string of the molecule is CCc1ccc(N(CC)C(=O)CN2C(=O)N[C@H](c3ccc(OC)cc3)C3=C2COC3=O)cc1. The zero-order chi connectivity index (χ0) is 23.5. The van der Waals surface area contributed by atoms with Gasteiger partial charge in [-0.3, -0.25) is 9.69 Å². The summed E-state index contributed by atoms with van der Waals surface area (Å²) in [4.78, 5) is 41.7. The number of esters is 1. The van der Waals surface area contributed by atoms with E-state index in [4.69, 9.17) is 9.47 Å². The first-order valence-electron chi connectivity index (χ1n) is 11.0. The fraction of sp³-hybridized carbons (Fsp3) is 0.320. The molecule has 2 aliphatic heterocycles. The molecule has 2 aromatic rings. The highest BCUT2D eigenvalue weighted by Crippen LogP contribution is 2.35. The number of nitrogens with one attached hydrogen (secondary N) is 1.